The number of benzene rings is 1. The zero-order valence-corrected chi connectivity index (χ0v) is 8.62. The van der Waals surface area contributed by atoms with Crippen molar-refractivity contribution in [3.8, 4) is 0 Å². The van der Waals surface area contributed by atoms with E-state index in [1.54, 1.807) is 0 Å². The lowest BCUT2D eigenvalue weighted by Gasteiger charge is -2.15. The molecule has 5 heteroatoms. The van der Waals surface area contributed by atoms with Gasteiger partial charge >= 0.3 is 5.97 Å². The fourth-order valence-electron chi connectivity index (χ4n) is 1.58. The van der Waals surface area contributed by atoms with Gasteiger partial charge in [0.2, 0.25) is 0 Å². The molecule has 0 radical (unpaired) electrons. The molecule has 0 bridgehead atoms. The lowest BCUT2D eigenvalue weighted by Crippen LogP contribution is -2.16. The minimum atomic E-state index is -1.00. The standard InChI is InChI=1S/C11H13F2NO2/c12-8-2-1-3-9(13)11(8)7(6-14)4-5-10(15)16/h1-3,7H,4-6,14H2,(H,15,16). The van der Waals surface area contributed by atoms with E-state index < -0.39 is 23.5 Å². The summed E-state index contributed by atoms with van der Waals surface area (Å²) in [6, 6.07) is 3.54. The van der Waals surface area contributed by atoms with E-state index >= 15 is 0 Å². The van der Waals surface area contributed by atoms with E-state index in [4.69, 9.17) is 10.8 Å². The fourth-order valence-corrected chi connectivity index (χ4v) is 1.58. The maximum Gasteiger partial charge on any atom is 0.303 e. The van der Waals surface area contributed by atoms with Crippen molar-refractivity contribution in [3.63, 3.8) is 0 Å². The summed E-state index contributed by atoms with van der Waals surface area (Å²) >= 11 is 0. The molecule has 1 rings (SSSR count). The van der Waals surface area contributed by atoms with Crippen molar-refractivity contribution in [2.24, 2.45) is 5.73 Å². The number of carboxylic acids is 1. The summed E-state index contributed by atoms with van der Waals surface area (Å²) in [5.41, 5.74) is 5.28. The van der Waals surface area contributed by atoms with Crippen LogP contribution in [0.4, 0.5) is 8.78 Å². The molecule has 0 saturated carbocycles. The number of carboxylic acid groups (broad SMARTS) is 1. The van der Waals surface area contributed by atoms with E-state index in [0.29, 0.717) is 0 Å². The average Bonchev–Trinajstić information content (AvgIpc) is 2.22. The average molecular weight is 229 g/mol. The van der Waals surface area contributed by atoms with Crippen molar-refractivity contribution in [1.82, 2.24) is 0 Å². The Bertz CT molecular complexity index is 362. The van der Waals surface area contributed by atoms with Gasteiger partial charge in [-0.3, -0.25) is 4.79 Å². The normalized spacial score (nSPS) is 12.4. The molecular weight excluding hydrogens is 216 g/mol. The molecule has 0 heterocycles. The van der Waals surface area contributed by atoms with Gasteiger partial charge in [-0.25, -0.2) is 8.78 Å². The van der Waals surface area contributed by atoms with Gasteiger partial charge in [-0.05, 0) is 25.1 Å². The summed E-state index contributed by atoms with van der Waals surface area (Å²) in [5.74, 6) is -2.96. The second-order valence-electron chi connectivity index (χ2n) is 3.50. The fraction of sp³-hybridized carbons (Fsp3) is 0.364. The molecule has 1 unspecified atom stereocenters. The highest BCUT2D eigenvalue weighted by molar-refractivity contribution is 5.66. The minimum absolute atomic E-state index is 0.0190. The largest absolute Gasteiger partial charge is 0.481 e. The van der Waals surface area contributed by atoms with Crippen LogP contribution >= 0.6 is 0 Å². The van der Waals surface area contributed by atoms with Crippen LogP contribution < -0.4 is 5.73 Å². The van der Waals surface area contributed by atoms with Crippen molar-refractivity contribution in [1.29, 1.82) is 0 Å². The molecule has 88 valence electrons. The van der Waals surface area contributed by atoms with E-state index in [0.717, 1.165) is 12.1 Å². The molecule has 3 N–H and O–H groups in total. The van der Waals surface area contributed by atoms with E-state index in [9.17, 15) is 13.6 Å². The second-order valence-corrected chi connectivity index (χ2v) is 3.50. The molecule has 0 amide bonds. The van der Waals surface area contributed by atoms with Crippen molar-refractivity contribution >= 4 is 5.97 Å². The van der Waals surface area contributed by atoms with Gasteiger partial charge < -0.3 is 10.8 Å². The van der Waals surface area contributed by atoms with Gasteiger partial charge in [-0.15, -0.1) is 0 Å². The Morgan fingerprint density at radius 3 is 2.38 bits per heavy atom. The number of hydrogen-bond acceptors (Lipinski definition) is 2. The Morgan fingerprint density at radius 1 is 1.38 bits per heavy atom. The highest BCUT2D eigenvalue weighted by atomic mass is 19.1. The highest BCUT2D eigenvalue weighted by Crippen LogP contribution is 2.25. The zero-order valence-electron chi connectivity index (χ0n) is 8.62. The topological polar surface area (TPSA) is 63.3 Å². The Balaban J connectivity index is 2.90. The molecule has 3 nitrogen and oxygen atoms in total. The Morgan fingerprint density at radius 2 is 1.94 bits per heavy atom. The molecule has 0 saturated heterocycles. The first-order valence-corrected chi connectivity index (χ1v) is 4.92. The van der Waals surface area contributed by atoms with E-state index in [-0.39, 0.29) is 24.9 Å². The SMILES string of the molecule is NCC(CCC(=O)O)c1c(F)cccc1F. The van der Waals surface area contributed by atoms with Crippen LogP contribution in [0.3, 0.4) is 0 Å². The van der Waals surface area contributed by atoms with Crippen LogP contribution in [0.25, 0.3) is 0 Å². The van der Waals surface area contributed by atoms with Crippen LogP contribution in [0.2, 0.25) is 0 Å². The number of carbonyl (C=O) groups is 1. The molecule has 0 aliphatic heterocycles. The summed E-state index contributed by atoms with van der Waals surface area (Å²) < 4.78 is 26.7. The quantitative estimate of drug-likeness (QED) is 0.810. The van der Waals surface area contributed by atoms with E-state index in [1.165, 1.54) is 6.07 Å². The molecule has 1 aromatic rings. The summed E-state index contributed by atoms with van der Waals surface area (Å²) in [5, 5.41) is 8.52. The summed E-state index contributed by atoms with van der Waals surface area (Å²) in [6.07, 6.45) is -0.0284. The first-order valence-electron chi connectivity index (χ1n) is 4.92. The Hall–Kier alpha value is -1.49. The molecular formula is C11H13F2NO2. The minimum Gasteiger partial charge on any atom is -0.481 e. The number of rotatable bonds is 5. The first kappa shape index (κ1) is 12.6. The van der Waals surface area contributed by atoms with Crippen molar-refractivity contribution < 1.29 is 18.7 Å². The molecule has 0 aliphatic rings. The van der Waals surface area contributed by atoms with Gasteiger partial charge in [-0.2, -0.15) is 0 Å². The predicted octanol–water partition coefficient (Wildman–Crippen LogP) is 1.87. The molecule has 0 aromatic heterocycles. The summed E-state index contributed by atoms with van der Waals surface area (Å²) in [4.78, 5) is 10.4. The number of nitrogens with two attached hydrogens (primary N) is 1. The van der Waals surface area contributed by atoms with Gasteiger partial charge in [0, 0.05) is 17.9 Å². The van der Waals surface area contributed by atoms with Crippen molar-refractivity contribution in [2.75, 3.05) is 6.54 Å². The lowest BCUT2D eigenvalue weighted by atomic mass is 9.93. The lowest BCUT2D eigenvalue weighted by molar-refractivity contribution is -0.137. The molecule has 0 aliphatic carbocycles. The van der Waals surface area contributed by atoms with Crippen LogP contribution in [-0.2, 0) is 4.79 Å². The Kier molecular flexibility index (Phi) is 4.37. The summed E-state index contributed by atoms with van der Waals surface area (Å²) in [7, 11) is 0. The van der Waals surface area contributed by atoms with E-state index in [2.05, 4.69) is 0 Å². The Labute approximate surface area is 91.9 Å². The molecule has 0 spiro atoms. The number of hydrogen-bond donors (Lipinski definition) is 2. The van der Waals surface area contributed by atoms with Gasteiger partial charge in [0.1, 0.15) is 11.6 Å². The first-order chi connectivity index (χ1) is 7.56. The monoisotopic (exact) mass is 229 g/mol. The molecule has 16 heavy (non-hydrogen) atoms. The van der Waals surface area contributed by atoms with Crippen LogP contribution in [0.15, 0.2) is 18.2 Å². The molecule has 1 atom stereocenters. The maximum absolute atomic E-state index is 13.4. The van der Waals surface area contributed by atoms with E-state index in [1.807, 2.05) is 0 Å². The third-order valence-corrected chi connectivity index (χ3v) is 2.40. The van der Waals surface area contributed by atoms with Crippen LogP contribution in [0.5, 0.6) is 0 Å². The predicted molar refractivity (Wildman–Crippen MR) is 55.0 cm³/mol. The highest BCUT2D eigenvalue weighted by Gasteiger charge is 2.19. The van der Waals surface area contributed by atoms with Crippen LogP contribution in [0.1, 0.15) is 24.3 Å². The number of halogens is 2. The summed E-state index contributed by atoms with van der Waals surface area (Å²) in [6.45, 7) is 0.0190. The van der Waals surface area contributed by atoms with Crippen LogP contribution in [-0.4, -0.2) is 17.6 Å². The van der Waals surface area contributed by atoms with Gasteiger partial charge in [-0.1, -0.05) is 6.07 Å². The van der Waals surface area contributed by atoms with Crippen molar-refractivity contribution in [2.45, 2.75) is 18.8 Å². The number of aliphatic carboxylic acids is 1. The third kappa shape index (κ3) is 3.00. The smallest absolute Gasteiger partial charge is 0.303 e. The second kappa shape index (κ2) is 5.55. The maximum atomic E-state index is 13.4. The van der Waals surface area contributed by atoms with Gasteiger partial charge in [0.25, 0.3) is 0 Å². The third-order valence-electron chi connectivity index (χ3n) is 2.40. The van der Waals surface area contributed by atoms with Gasteiger partial charge in [0.05, 0.1) is 0 Å². The van der Waals surface area contributed by atoms with Crippen molar-refractivity contribution in [3.05, 3.63) is 35.4 Å². The van der Waals surface area contributed by atoms with Gasteiger partial charge in [0.15, 0.2) is 0 Å². The van der Waals surface area contributed by atoms with Crippen LogP contribution in [0, 0.1) is 11.6 Å². The molecule has 0 fully saturated rings. The zero-order chi connectivity index (χ0) is 12.1. The molecule has 1 aromatic carbocycles.